The zero-order valence-electron chi connectivity index (χ0n) is 17.3. The van der Waals surface area contributed by atoms with Crippen molar-refractivity contribution in [3.63, 3.8) is 0 Å². The third-order valence-electron chi connectivity index (χ3n) is 4.72. The lowest BCUT2D eigenvalue weighted by Gasteiger charge is -2.18. The summed E-state index contributed by atoms with van der Waals surface area (Å²) in [5.74, 6) is 1.06. The van der Waals surface area contributed by atoms with Gasteiger partial charge in [0, 0.05) is 17.0 Å². The number of sulfone groups is 1. The Labute approximate surface area is 185 Å². The topological polar surface area (TPSA) is 90.9 Å². The minimum Gasteiger partial charge on any atom is -0.497 e. The first-order valence-corrected chi connectivity index (χ1v) is 11.7. The van der Waals surface area contributed by atoms with Gasteiger partial charge in [0.05, 0.1) is 26.2 Å². The van der Waals surface area contributed by atoms with Gasteiger partial charge in [-0.3, -0.25) is 4.79 Å². The summed E-state index contributed by atoms with van der Waals surface area (Å²) in [4.78, 5) is 13.5. The molecule has 0 aliphatic carbocycles. The molecule has 31 heavy (non-hydrogen) atoms. The van der Waals surface area contributed by atoms with Crippen LogP contribution in [0.4, 0.5) is 0 Å². The summed E-state index contributed by atoms with van der Waals surface area (Å²) >= 11 is 1.33. The van der Waals surface area contributed by atoms with Crippen LogP contribution in [-0.2, 0) is 9.84 Å². The Balaban J connectivity index is 1.85. The van der Waals surface area contributed by atoms with Gasteiger partial charge >= 0.3 is 0 Å². The van der Waals surface area contributed by atoms with Gasteiger partial charge in [0.25, 0.3) is 5.91 Å². The molecule has 164 valence electrons. The summed E-state index contributed by atoms with van der Waals surface area (Å²) in [5.41, 5.74) is 0.337. The van der Waals surface area contributed by atoms with E-state index >= 15 is 0 Å². The maximum Gasteiger partial charge on any atom is 0.251 e. The summed E-state index contributed by atoms with van der Waals surface area (Å²) in [6.45, 7) is -0.0813. The second kappa shape index (κ2) is 9.84. The van der Waals surface area contributed by atoms with Crippen molar-refractivity contribution in [1.29, 1.82) is 0 Å². The molecule has 1 atom stereocenters. The molecular formula is C22H23NO6S2. The van der Waals surface area contributed by atoms with Crippen molar-refractivity contribution in [2.45, 2.75) is 10.1 Å². The number of methoxy groups -OCH3 is 3. The highest BCUT2D eigenvalue weighted by Crippen LogP contribution is 2.32. The first kappa shape index (κ1) is 22.6. The maximum absolute atomic E-state index is 13.3. The molecule has 0 aliphatic rings. The monoisotopic (exact) mass is 461 g/mol. The second-order valence-corrected chi connectivity index (χ2v) is 9.61. The van der Waals surface area contributed by atoms with E-state index in [1.807, 2.05) is 5.38 Å². The predicted molar refractivity (Wildman–Crippen MR) is 119 cm³/mol. The number of ether oxygens (including phenoxy) is 3. The fourth-order valence-corrected chi connectivity index (χ4v) is 5.82. The van der Waals surface area contributed by atoms with Gasteiger partial charge in [-0.05, 0) is 53.9 Å². The summed E-state index contributed by atoms with van der Waals surface area (Å²) in [6, 6.07) is 14.5. The Kier molecular flexibility index (Phi) is 7.19. The summed E-state index contributed by atoms with van der Waals surface area (Å²) in [5, 5.41) is 3.62. The highest BCUT2D eigenvalue weighted by atomic mass is 32.2. The summed E-state index contributed by atoms with van der Waals surface area (Å²) in [7, 11) is 0.748. The molecule has 0 saturated heterocycles. The fraction of sp³-hybridized carbons (Fsp3) is 0.227. The molecule has 2 aromatic carbocycles. The molecule has 1 heterocycles. The molecule has 0 unspecified atom stereocenters. The van der Waals surface area contributed by atoms with Crippen molar-refractivity contribution < 1.29 is 27.4 Å². The van der Waals surface area contributed by atoms with Gasteiger partial charge in [-0.25, -0.2) is 8.42 Å². The number of hydrogen-bond donors (Lipinski definition) is 1. The zero-order valence-corrected chi connectivity index (χ0v) is 19.0. The minimum absolute atomic E-state index is 0.0813. The van der Waals surface area contributed by atoms with Crippen LogP contribution in [0.2, 0.25) is 0 Å². The average molecular weight is 462 g/mol. The van der Waals surface area contributed by atoms with Crippen molar-refractivity contribution >= 4 is 27.1 Å². The quantitative estimate of drug-likeness (QED) is 0.522. The van der Waals surface area contributed by atoms with E-state index in [2.05, 4.69) is 5.32 Å². The van der Waals surface area contributed by atoms with E-state index in [1.165, 1.54) is 44.8 Å². The number of amides is 1. The Bertz CT molecular complexity index is 1130. The maximum atomic E-state index is 13.3. The third-order valence-corrected chi connectivity index (χ3v) is 7.95. The summed E-state index contributed by atoms with van der Waals surface area (Å²) in [6.07, 6.45) is 0. The molecule has 1 amide bonds. The first-order valence-electron chi connectivity index (χ1n) is 9.32. The van der Waals surface area contributed by atoms with Crippen LogP contribution in [0.25, 0.3) is 0 Å². The van der Waals surface area contributed by atoms with Crippen molar-refractivity contribution in [2.75, 3.05) is 27.9 Å². The first-order chi connectivity index (χ1) is 14.9. The van der Waals surface area contributed by atoms with Gasteiger partial charge in [-0.15, -0.1) is 11.3 Å². The highest BCUT2D eigenvalue weighted by Gasteiger charge is 2.30. The van der Waals surface area contributed by atoms with E-state index < -0.39 is 21.0 Å². The predicted octanol–water partition coefficient (Wildman–Crippen LogP) is 3.72. The van der Waals surface area contributed by atoms with Crippen LogP contribution in [0.5, 0.6) is 17.2 Å². The standard InChI is InChI=1S/C22H23NO6S2/c1-27-16-7-9-17(10-8-16)31(25,26)21(20-5-4-12-30-20)14-23-22(24)15-6-11-18(28-2)19(13-15)29-3/h4-13,21H,14H2,1-3H3,(H,23,24)/t21-/m1/s1. The van der Waals surface area contributed by atoms with Crippen LogP contribution in [0.1, 0.15) is 20.5 Å². The van der Waals surface area contributed by atoms with Crippen LogP contribution in [0, 0.1) is 0 Å². The molecule has 0 fully saturated rings. The fourth-order valence-electron chi connectivity index (χ4n) is 3.03. The van der Waals surface area contributed by atoms with E-state index in [0.717, 1.165) is 0 Å². The molecular weight excluding hydrogens is 438 g/mol. The third kappa shape index (κ3) is 5.00. The number of carbonyl (C=O) groups excluding carboxylic acids is 1. The van der Waals surface area contributed by atoms with Crippen LogP contribution < -0.4 is 19.5 Å². The zero-order chi connectivity index (χ0) is 22.4. The second-order valence-electron chi connectivity index (χ2n) is 6.50. The summed E-state index contributed by atoms with van der Waals surface area (Å²) < 4.78 is 42.2. The number of thiophene rings is 1. The van der Waals surface area contributed by atoms with Crippen molar-refractivity contribution in [3.8, 4) is 17.2 Å². The largest absolute Gasteiger partial charge is 0.497 e. The van der Waals surface area contributed by atoms with Gasteiger partial charge < -0.3 is 19.5 Å². The molecule has 0 bridgehead atoms. The Hall–Kier alpha value is -3.04. The van der Waals surface area contributed by atoms with Crippen molar-refractivity contribution in [1.82, 2.24) is 5.32 Å². The number of nitrogens with one attached hydrogen (secondary N) is 1. The van der Waals surface area contributed by atoms with Gasteiger partial charge in [0.1, 0.15) is 11.0 Å². The highest BCUT2D eigenvalue weighted by molar-refractivity contribution is 7.91. The van der Waals surface area contributed by atoms with Crippen molar-refractivity contribution in [3.05, 3.63) is 70.4 Å². The number of rotatable bonds is 9. The average Bonchev–Trinajstić information content (AvgIpc) is 3.32. The van der Waals surface area contributed by atoms with Crippen LogP contribution >= 0.6 is 11.3 Å². The lowest BCUT2D eigenvalue weighted by Crippen LogP contribution is -2.31. The smallest absolute Gasteiger partial charge is 0.251 e. The van der Waals surface area contributed by atoms with Gasteiger partial charge in [0.2, 0.25) is 0 Å². The Morgan fingerprint density at radius 1 is 0.968 bits per heavy atom. The molecule has 0 aliphatic heterocycles. The number of benzene rings is 2. The van der Waals surface area contributed by atoms with Crippen LogP contribution in [-0.4, -0.2) is 42.2 Å². The van der Waals surface area contributed by atoms with Crippen molar-refractivity contribution in [2.24, 2.45) is 0 Å². The van der Waals surface area contributed by atoms with E-state index in [4.69, 9.17) is 14.2 Å². The molecule has 0 spiro atoms. The van der Waals surface area contributed by atoms with Crippen LogP contribution in [0.15, 0.2) is 64.9 Å². The van der Waals surface area contributed by atoms with Crippen LogP contribution in [0.3, 0.4) is 0 Å². The van der Waals surface area contributed by atoms with Gasteiger partial charge in [-0.1, -0.05) is 6.07 Å². The lowest BCUT2D eigenvalue weighted by molar-refractivity contribution is 0.0953. The molecule has 0 saturated carbocycles. The number of carbonyl (C=O) groups is 1. The lowest BCUT2D eigenvalue weighted by atomic mass is 10.2. The van der Waals surface area contributed by atoms with Gasteiger partial charge in [-0.2, -0.15) is 0 Å². The minimum atomic E-state index is -3.75. The number of hydrogen-bond acceptors (Lipinski definition) is 7. The van der Waals surface area contributed by atoms with E-state index in [1.54, 1.807) is 42.5 Å². The van der Waals surface area contributed by atoms with E-state index in [9.17, 15) is 13.2 Å². The molecule has 9 heteroatoms. The molecule has 1 N–H and O–H groups in total. The normalized spacial score (nSPS) is 12.1. The molecule has 0 radical (unpaired) electrons. The molecule has 7 nitrogen and oxygen atoms in total. The molecule has 3 aromatic rings. The SMILES string of the molecule is COc1ccc(S(=O)(=O)[C@H](CNC(=O)c2ccc(OC)c(OC)c2)c2cccs2)cc1. The van der Waals surface area contributed by atoms with E-state index in [-0.39, 0.29) is 11.4 Å². The molecule has 1 aromatic heterocycles. The van der Waals surface area contributed by atoms with E-state index in [0.29, 0.717) is 27.7 Å². The molecule has 3 rings (SSSR count). The Morgan fingerprint density at radius 2 is 1.68 bits per heavy atom. The van der Waals surface area contributed by atoms with Gasteiger partial charge in [0.15, 0.2) is 21.3 Å². The Morgan fingerprint density at radius 3 is 2.26 bits per heavy atom.